The van der Waals surface area contributed by atoms with E-state index in [0.717, 1.165) is 5.56 Å². The van der Waals surface area contributed by atoms with Gasteiger partial charge in [-0.1, -0.05) is 0 Å². The Morgan fingerprint density at radius 2 is 1.83 bits per heavy atom. The van der Waals surface area contributed by atoms with E-state index in [0.29, 0.717) is 53.3 Å². The Labute approximate surface area is 203 Å². The van der Waals surface area contributed by atoms with Crippen molar-refractivity contribution in [3.63, 3.8) is 0 Å². The van der Waals surface area contributed by atoms with E-state index in [-0.39, 0.29) is 11.7 Å². The van der Waals surface area contributed by atoms with Crippen LogP contribution in [0.4, 0.5) is 27.5 Å². The summed E-state index contributed by atoms with van der Waals surface area (Å²) in [6.45, 7) is 4.30. The minimum Gasteiger partial charge on any atom is -0.497 e. The standard InChI is InChI=1S/C24H30FN7O3/c1-6-27-18-10-20(29-13-17(18)24(33)26-3)30-22-11-21(31-23(32-22)14(2)25)28-12-15-7-8-16(34-4)9-19(15)35-5/h7-11,13-14H,6,12H2,1-5H3,(H,26,33)(H3,27,28,29,30,31,32)/t14-/m1/s1. The van der Waals surface area contributed by atoms with E-state index in [1.807, 2.05) is 19.1 Å². The number of hydrogen-bond donors (Lipinski definition) is 4. The quantitative estimate of drug-likeness (QED) is 0.320. The van der Waals surface area contributed by atoms with Crippen molar-refractivity contribution in [2.45, 2.75) is 26.6 Å². The Kier molecular flexibility index (Phi) is 8.60. The first-order valence-corrected chi connectivity index (χ1v) is 11.1. The molecule has 3 aromatic rings. The van der Waals surface area contributed by atoms with Crippen molar-refractivity contribution in [1.29, 1.82) is 0 Å². The molecule has 0 fully saturated rings. The van der Waals surface area contributed by atoms with Crippen molar-refractivity contribution in [2.75, 3.05) is 43.8 Å². The number of nitrogens with one attached hydrogen (secondary N) is 4. The molecular formula is C24H30FN7O3. The summed E-state index contributed by atoms with van der Waals surface area (Å²) in [7, 11) is 4.72. The molecule has 10 nitrogen and oxygen atoms in total. The van der Waals surface area contributed by atoms with Crippen LogP contribution in [0.3, 0.4) is 0 Å². The van der Waals surface area contributed by atoms with Gasteiger partial charge in [0.1, 0.15) is 29.0 Å². The topological polar surface area (TPSA) is 122 Å². The number of nitrogens with zero attached hydrogens (tertiary/aromatic N) is 3. The Hall–Kier alpha value is -4.15. The predicted molar refractivity (Wildman–Crippen MR) is 134 cm³/mol. The molecule has 0 radical (unpaired) electrons. The van der Waals surface area contributed by atoms with Crippen molar-refractivity contribution in [2.24, 2.45) is 0 Å². The van der Waals surface area contributed by atoms with Crippen LogP contribution in [0.5, 0.6) is 11.5 Å². The number of hydrogen-bond acceptors (Lipinski definition) is 9. The maximum atomic E-state index is 14.2. The lowest BCUT2D eigenvalue weighted by atomic mass is 10.2. The number of carbonyl (C=O) groups is 1. The lowest BCUT2D eigenvalue weighted by Gasteiger charge is -2.15. The van der Waals surface area contributed by atoms with E-state index in [2.05, 4.69) is 36.2 Å². The number of pyridine rings is 1. The number of carbonyl (C=O) groups excluding carboxylic acids is 1. The van der Waals surface area contributed by atoms with Crippen LogP contribution in [0.15, 0.2) is 36.5 Å². The molecule has 0 spiro atoms. The number of rotatable bonds is 11. The molecule has 0 saturated carbocycles. The second kappa shape index (κ2) is 11.8. The SMILES string of the molecule is CCNc1cc(Nc2cc(NCc3ccc(OC)cc3OC)nc([C@@H](C)F)n2)ncc1C(=O)NC. The molecule has 2 heterocycles. The van der Waals surface area contributed by atoms with Crippen LogP contribution < -0.4 is 30.7 Å². The average Bonchev–Trinajstić information content (AvgIpc) is 2.87. The van der Waals surface area contributed by atoms with Gasteiger partial charge in [-0.25, -0.2) is 19.3 Å². The van der Waals surface area contributed by atoms with E-state index in [4.69, 9.17) is 9.47 Å². The molecule has 0 unspecified atom stereocenters. The number of halogens is 1. The molecule has 186 valence electrons. The van der Waals surface area contributed by atoms with E-state index >= 15 is 0 Å². The first kappa shape index (κ1) is 25.5. The summed E-state index contributed by atoms with van der Waals surface area (Å²) < 4.78 is 24.8. The van der Waals surface area contributed by atoms with Crippen LogP contribution in [0, 0.1) is 0 Å². The highest BCUT2D eigenvalue weighted by atomic mass is 19.1. The summed E-state index contributed by atoms with van der Waals surface area (Å²) in [5, 5.41) is 12.0. The molecule has 1 atom stereocenters. The number of ether oxygens (including phenoxy) is 2. The first-order chi connectivity index (χ1) is 16.9. The van der Waals surface area contributed by atoms with Crippen molar-refractivity contribution in [1.82, 2.24) is 20.3 Å². The van der Waals surface area contributed by atoms with Gasteiger partial charge in [0.25, 0.3) is 5.91 Å². The molecule has 0 aliphatic carbocycles. The predicted octanol–water partition coefficient (Wildman–Crippen LogP) is 4.07. The molecule has 0 saturated heterocycles. The largest absolute Gasteiger partial charge is 0.497 e. The molecule has 2 aromatic heterocycles. The first-order valence-electron chi connectivity index (χ1n) is 11.1. The highest BCUT2D eigenvalue weighted by Gasteiger charge is 2.15. The fraction of sp³-hybridized carbons (Fsp3) is 0.333. The van der Waals surface area contributed by atoms with Crippen molar-refractivity contribution >= 4 is 29.0 Å². The van der Waals surface area contributed by atoms with Crippen LogP contribution in [0.25, 0.3) is 0 Å². The van der Waals surface area contributed by atoms with Crippen LogP contribution in [0.2, 0.25) is 0 Å². The maximum Gasteiger partial charge on any atom is 0.254 e. The number of anilines is 4. The minimum atomic E-state index is -1.38. The van der Waals surface area contributed by atoms with Crippen molar-refractivity contribution in [3.8, 4) is 11.5 Å². The molecule has 0 aliphatic heterocycles. The monoisotopic (exact) mass is 483 g/mol. The zero-order chi connectivity index (χ0) is 25.4. The summed E-state index contributed by atoms with van der Waals surface area (Å²) in [5.41, 5.74) is 1.90. The van der Waals surface area contributed by atoms with Gasteiger partial charge in [-0.2, -0.15) is 0 Å². The number of methoxy groups -OCH3 is 2. The summed E-state index contributed by atoms with van der Waals surface area (Å²) in [6, 6.07) is 8.85. The van der Waals surface area contributed by atoms with E-state index < -0.39 is 6.17 Å². The van der Waals surface area contributed by atoms with E-state index in [1.54, 1.807) is 39.5 Å². The normalized spacial score (nSPS) is 11.4. The lowest BCUT2D eigenvalue weighted by molar-refractivity contribution is 0.0963. The van der Waals surface area contributed by atoms with Gasteiger partial charge in [0.15, 0.2) is 12.0 Å². The highest BCUT2D eigenvalue weighted by Crippen LogP contribution is 2.27. The molecule has 1 amide bonds. The fourth-order valence-electron chi connectivity index (χ4n) is 3.29. The van der Waals surface area contributed by atoms with Crippen LogP contribution >= 0.6 is 0 Å². The number of alkyl halides is 1. The second-order valence-electron chi connectivity index (χ2n) is 7.49. The van der Waals surface area contributed by atoms with E-state index in [9.17, 15) is 9.18 Å². The summed E-state index contributed by atoms with van der Waals surface area (Å²) in [5.74, 6) is 2.32. The zero-order valence-electron chi connectivity index (χ0n) is 20.4. The Morgan fingerprint density at radius 3 is 2.49 bits per heavy atom. The van der Waals surface area contributed by atoms with Gasteiger partial charge in [0.05, 0.1) is 25.5 Å². The Morgan fingerprint density at radius 1 is 1.06 bits per heavy atom. The molecule has 0 bridgehead atoms. The molecule has 35 heavy (non-hydrogen) atoms. The van der Waals surface area contributed by atoms with Crippen molar-refractivity contribution < 1.29 is 18.7 Å². The Balaban J connectivity index is 1.86. The highest BCUT2D eigenvalue weighted by molar-refractivity contribution is 5.99. The summed E-state index contributed by atoms with van der Waals surface area (Å²) in [4.78, 5) is 25.0. The van der Waals surface area contributed by atoms with Crippen LogP contribution in [0.1, 0.15) is 41.8 Å². The molecule has 1 aromatic carbocycles. The summed E-state index contributed by atoms with van der Waals surface area (Å²) >= 11 is 0. The van der Waals surface area contributed by atoms with Gasteiger partial charge < -0.3 is 30.7 Å². The third-order valence-corrected chi connectivity index (χ3v) is 5.05. The maximum absolute atomic E-state index is 14.2. The average molecular weight is 484 g/mol. The van der Waals surface area contributed by atoms with Gasteiger partial charge in [-0.3, -0.25) is 4.79 Å². The third kappa shape index (κ3) is 6.46. The molecule has 3 rings (SSSR count). The zero-order valence-corrected chi connectivity index (χ0v) is 20.4. The summed E-state index contributed by atoms with van der Waals surface area (Å²) in [6.07, 6.45) is 0.0856. The van der Waals surface area contributed by atoms with E-state index in [1.165, 1.54) is 13.1 Å². The van der Waals surface area contributed by atoms with Gasteiger partial charge in [0.2, 0.25) is 0 Å². The van der Waals surface area contributed by atoms with Crippen molar-refractivity contribution in [3.05, 3.63) is 53.5 Å². The second-order valence-corrected chi connectivity index (χ2v) is 7.49. The van der Waals surface area contributed by atoms with Gasteiger partial charge in [-0.05, 0) is 26.0 Å². The third-order valence-electron chi connectivity index (χ3n) is 5.05. The van der Waals surface area contributed by atoms with Crippen LogP contribution in [-0.4, -0.2) is 48.7 Å². The number of benzene rings is 1. The van der Waals surface area contributed by atoms with Crippen LogP contribution in [-0.2, 0) is 6.54 Å². The molecular weight excluding hydrogens is 453 g/mol. The van der Waals surface area contributed by atoms with Gasteiger partial charge in [0, 0.05) is 50.1 Å². The fourth-order valence-corrected chi connectivity index (χ4v) is 3.29. The van der Waals surface area contributed by atoms with Gasteiger partial charge in [-0.15, -0.1) is 0 Å². The van der Waals surface area contributed by atoms with Gasteiger partial charge >= 0.3 is 0 Å². The molecule has 4 N–H and O–H groups in total. The molecule has 11 heteroatoms. The lowest BCUT2D eigenvalue weighted by Crippen LogP contribution is -2.20. The number of aromatic nitrogens is 3. The Bertz CT molecular complexity index is 1170. The minimum absolute atomic E-state index is 0.0214. The smallest absolute Gasteiger partial charge is 0.254 e. The number of amides is 1. The molecule has 0 aliphatic rings.